The van der Waals surface area contributed by atoms with Crippen LogP contribution in [0.4, 0.5) is 4.39 Å². The van der Waals surface area contributed by atoms with Crippen LogP contribution in [0.1, 0.15) is 31.4 Å². The van der Waals surface area contributed by atoms with E-state index < -0.39 is 0 Å². The molecule has 0 radical (unpaired) electrons. The number of allylic oxidation sites excluding steroid dienone is 2. The molecule has 0 aromatic heterocycles. The van der Waals surface area contributed by atoms with Crippen molar-refractivity contribution in [2.45, 2.75) is 33.4 Å². The van der Waals surface area contributed by atoms with Crippen LogP contribution in [0.15, 0.2) is 48.6 Å². The lowest BCUT2D eigenvalue weighted by molar-refractivity contribution is 0.357. The third-order valence-corrected chi connectivity index (χ3v) is 4.22. The van der Waals surface area contributed by atoms with Crippen LogP contribution in [0.5, 0.6) is 0 Å². The first kappa shape index (κ1) is 15.0. The number of nitrogens with zero attached hydrogens (tertiary/aromatic N) is 2. The van der Waals surface area contributed by atoms with Crippen LogP contribution in [0.2, 0.25) is 0 Å². The highest BCUT2D eigenvalue weighted by molar-refractivity contribution is 5.71. The van der Waals surface area contributed by atoms with E-state index in [1.54, 1.807) is 12.1 Å². The molecule has 2 nitrogen and oxygen atoms in total. The van der Waals surface area contributed by atoms with E-state index in [2.05, 4.69) is 42.6 Å². The molecule has 1 aromatic carbocycles. The Hall–Kier alpha value is -1.87. The summed E-state index contributed by atoms with van der Waals surface area (Å²) in [6, 6.07) is 5.22. The Labute approximate surface area is 132 Å². The predicted molar refractivity (Wildman–Crippen MR) is 89.2 cm³/mol. The van der Waals surface area contributed by atoms with Crippen molar-refractivity contribution in [1.82, 2.24) is 10.0 Å². The molecule has 22 heavy (non-hydrogen) atoms. The minimum atomic E-state index is -0.179. The molecule has 1 aromatic rings. The first-order chi connectivity index (χ1) is 10.5. The third kappa shape index (κ3) is 2.73. The van der Waals surface area contributed by atoms with Gasteiger partial charge in [0, 0.05) is 12.1 Å². The standard InChI is InChI=1S/C19H23FN2/c1-5-15-6-7-18(16-10-14(4)11-17(20)12-16)22-19(15)21(22)9-8-13(2)3/h5-7,10-13,19H,1,8-9H2,2-4H3. The lowest BCUT2D eigenvalue weighted by Gasteiger charge is -2.14. The van der Waals surface area contributed by atoms with Crippen LogP contribution >= 0.6 is 0 Å². The predicted octanol–water partition coefficient (Wildman–Crippen LogP) is 4.51. The van der Waals surface area contributed by atoms with Crippen molar-refractivity contribution < 1.29 is 4.39 Å². The quantitative estimate of drug-likeness (QED) is 0.738. The highest BCUT2D eigenvalue weighted by Gasteiger charge is 2.49. The second-order valence-corrected chi connectivity index (χ2v) is 6.50. The maximum Gasteiger partial charge on any atom is 0.140 e. The first-order valence-corrected chi connectivity index (χ1v) is 7.89. The molecule has 0 aliphatic carbocycles. The summed E-state index contributed by atoms with van der Waals surface area (Å²) in [5.41, 5.74) is 4.16. The molecule has 0 spiro atoms. The highest BCUT2D eigenvalue weighted by atomic mass is 19.1. The molecular formula is C19H23FN2. The van der Waals surface area contributed by atoms with E-state index >= 15 is 0 Å². The van der Waals surface area contributed by atoms with Gasteiger partial charge in [0.15, 0.2) is 0 Å². The highest BCUT2D eigenvalue weighted by Crippen LogP contribution is 2.44. The summed E-state index contributed by atoms with van der Waals surface area (Å²) in [7, 11) is 0. The Morgan fingerprint density at radius 3 is 2.68 bits per heavy atom. The molecular weight excluding hydrogens is 275 g/mol. The van der Waals surface area contributed by atoms with Crippen LogP contribution in [0.25, 0.3) is 5.70 Å². The normalized spacial score (nSPS) is 23.0. The Balaban J connectivity index is 1.90. The number of fused-ring (bicyclic) bond motifs is 1. The fraction of sp³-hybridized carbons (Fsp3) is 0.368. The zero-order valence-corrected chi connectivity index (χ0v) is 13.5. The van der Waals surface area contributed by atoms with Gasteiger partial charge >= 0.3 is 0 Å². The summed E-state index contributed by atoms with van der Waals surface area (Å²) in [4.78, 5) is 0. The summed E-state index contributed by atoms with van der Waals surface area (Å²) < 4.78 is 13.7. The summed E-state index contributed by atoms with van der Waals surface area (Å²) in [5, 5.41) is 4.60. The van der Waals surface area contributed by atoms with Crippen molar-refractivity contribution in [2.75, 3.05) is 6.54 Å². The van der Waals surface area contributed by atoms with Gasteiger partial charge in [0.25, 0.3) is 0 Å². The molecule has 0 bridgehead atoms. The number of hydrazine groups is 1. The van der Waals surface area contributed by atoms with Gasteiger partial charge in [-0.25, -0.2) is 4.39 Å². The van der Waals surface area contributed by atoms with Gasteiger partial charge in [0.05, 0.1) is 5.70 Å². The molecule has 0 saturated carbocycles. The Morgan fingerprint density at radius 2 is 2.05 bits per heavy atom. The molecule has 0 N–H and O–H groups in total. The van der Waals surface area contributed by atoms with Crippen molar-refractivity contribution in [3.05, 3.63) is 65.5 Å². The molecule has 3 rings (SSSR count). The number of rotatable bonds is 5. The summed E-state index contributed by atoms with van der Waals surface area (Å²) in [6.45, 7) is 11.3. The Kier molecular flexibility index (Phi) is 3.92. The average Bonchev–Trinajstić information content (AvgIpc) is 3.17. The number of hydrogen-bond acceptors (Lipinski definition) is 2. The fourth-order valence-corrected chi connectivity index (χ4v) is 3.03. The molecule has 2 unspecified atom stereocenters. The van der Waals surface area contributed by atoms with Crippen LogP contribution < -0.4 is 0 Å². The van der Waals surface area contributed by atoms with E-state index in [-0.39, 0.29) is 12.0 Å². The third-order valence-electron chi connectivity index (χ3n) is 4.22. The molecule has 2 heterocycles. The van der Waals surface area contributed by atoms with Gasteiger partial charge < -0.3 is 0 Å². The lowest BCUT2D eigenvalue weighted by atomic mass is 10.0. The van der Waals surface area contributed by atoms with Crippen molar-refractivity contribution in [2.24, 2.45) is 5.92 Å². The van der Waals surface area contributed by atoms with Gasteiger partial charge in [-0.1, -0.05) is 32.6 Å². The second kappa shape index (κ2) is 5.73. The molecule has 0 amide bonds. The molecule has 1 fully saturated rings. The van der Waals surface area contributed by atoms with Crippen LogP contribution in [-0.4, -0.2) is 22.7 Å². The SMILES string of the molecule is C=CC1=CC=C(c2cc(C)cc(F)c2)N2C1N2CCC(C)C. The maximum absolute atomic E-state index is 13.7. The van der Waals surface area contributed by atoms with Crippen molar-refractivity contribution in [3.63, 3.8) is 0 Å². The van der Waals surface area contributed by atoms with E-state index in [4.69, 9.17) is 0 Å². The zero-order chi connectivity index (χ0) is 15.9. The van der Waals surface area contributed by atoms with Gasteiger partial charge in [-0.3, -0.25) is 5.01 Å². The summed E-state index contributed by atoms with van der Waals surface area (Å²) in [6.07, 6.45) is 7.49. The van der Waals surface area contributed by atoms with Gasteiger partial charge in [-0.05, 0) is 54.7 Å². The number of halogens is 1. The van der Waals surface area contributed by atoms with Crippen molar-refractivity contribution >= 4 is 5.70 Å². The summed E-state index contributed by atoms with van der Waals surface area (Å²) in [5.74, 6) is 0.491. The van der Waals surface area contributed by atoms with E-state index in [1.165, 1.54) is 5.57 Å². The molecule has 3 heteroatoms. The lowest BCUT2D eigenvalue weighted by Crippen LogP contribution is -2.10. The van der Waals surface area contributed by atoms with Crippen molar-refractivity contribution in [1.29, 1.82) is 0 Å². The minimum Gasteiger partial charge on any atom is -0.279 e. The number of aryl methyl sites for hydroxylation is 1. The molecule has 1 saturated heterocycles. The minimum absolute atomic E-state index is 0.179. The van der Waals surface area contributed by atoms with E-state index in [9.17, 15) is 4.39 Å². The second-order valence-electron chi connectivity index (χ2n) is 6.50. The largest absolute Gasteiger partial charge is 0.279 e. The molecule has 2 aliphatic rings. The van der Waals surface area contributed by atoms with Gasteiger partial charge in [0.1, 0.15) is 12.0 Å². The zero-order valence-electron chi connectivity index (χ0n) is 13.5. The van der Waals surface area contributed by atoms with E-state index in [0.29, 0.717) is 5.92 Å². The number of benzene rings is 1. The van der Waals surface area contributed by atoms with Gasteiger partial charge in [-0.2, -0.15) is 5.01 Å². The number of hydrogen-bond donors (Lipinski definition) is 0. The van der Waals surface area contributed by atoms with E-state index in [0.717, 1.165) is 29.8 Å². The van der Waals surface area contributed by atoms with Crippen molar-refractivity contribution in [3.8, 4) is 0 Å². The van der Waals surface area contributed by atoms with Gasteiger partial charge in [0.2, 0.25) is 0 Å². The Bertz CT molecular complexity index is 637. The smallest absolute Gasteiger partial charge is 0.140 e. The maximum atomic E-state index is 13.7. The fourth-order valence-electron chi connectivity index (χ4n) is 3.03. The molecule has 2 atom stereocenters. The Morgan fingerprint density at radius 1 is 1.27 bits per heavy atom. The van der Waals surface area contributed by atoms with Gasteiger partial charge in [-0.15, -0.1) is 0 Å². The van der Waals surface area contributed by atoms with Crippen LogP contribution in [-0.2, 0) is 0 Å². The topological polar surface area (TPSA) is 6.02 Å². The first-order valence-electron chi connectivity index (χ1n) is 7.89. The molecule has 2 aliphatic heterocycles. The summed E-state index contributed by atoms with van der Waals surface area (Å²) >= 11 is 0. The van der Waals surface area contributed by atoms with Crippen LogP contribution in [0, 0.1) is 18.7 Å². The monoisotopic (exact) mass is 298 g/mol. The molecule has 116 valence electrons. The average molecular weight is 298 g/mol. The van der Waals surface area contributed by atoms with Crippen LogP contribution in [0.3, 0.4) is 0 Å². The van der Waals surface area contributed by atoms with E-state index in [1.807, 2.05) is 19.1 Å².